The highest BCUT2D eigenvalue weighted by Crippen LogP contribution is 2.30. The average molecular weight is 376 g/mol. The van der Waals surface area contributed by atoms with Crippen molar-refractivity contribution in [3.8, 4) is 0 Å². The Bertz CT molecular complexity index is 664. The van der Waals surface area contributed by atoms with Gasteiger partial charge in [-0.3, -0.25) is 0 Å². The van der Waals surface area contributed by atoms with Gasteiger partial charge in [-0.1, -0.05) is 11.6 Å². The summed E-state index contributed by atoms with van der Waals surface area (Å²) < 4.78 is 13.7. The molecule has 2 nitrogen and oxygen atoms in total. The van der Waals surface area contributed by atoms with Gasteiger partial charge in [0.15, 0.2) is 0 Å². The van der Waals surface area contributed by atoms with E-state index in [4.69, 9.17) is 16.7 Å². The van der Waals surface area contributed by atoms with Crippen LogP contribution in [-0.2, 0) is 5.75 Å². The lowest BCUT2D eigenvalue weighted by Gasteiger charge is -2.06. The molecule has 0 heterocycles. The minimum Gasteiger partial charge on any atom is -0.478 e. The van der Waals surface area contributed by atoms with E-state index in [9.17, 15) is 9.18 Å². The lowest BCUT2D eigenvalue weighted by Crippen LogP contribution is -1.97. The molecule has 0 saturated heterocycles. The van der Waals surface area contributed by atoms with E-state index in [1.807, 2.05) is 0 Å². The summed E-state index contributed by atoms with van der Waals surface area (Å²) in [5, 5.41) is 9.54. The van der Waals surface area contributed by atoms with Crippen molar-refractivity contribution in [3.63, 3.8) is 0 Å². The highest BCUT2D eigenvalue weighted by atomic mass is 79.9. The molecule has 0 aromatic heterocycles. The third-order valence-electron chi connectivity index (χ3n) is 2.57. The summed E-state index contributed by atoms with van der Waals surface area (Å²) in [5.74, 6) is -0.868. The third kappa shape index (κ3) is 3.75. The summed E-state index contributed by atoms with van der Waals surface area (Å²) in [5.41, 5.74) is 0.872. The standard InChI is InChI=1S/C14H9BrClFO2S/c15-12-3-2-10(6-11(12)14(18)19)20-7-8-5-9(17)1-4-13(8)16/h1-6H,7H2,(H,18,19). The van der Waals surface area contributed by atoms with Crippen LogP contribution in [0.15, 0.2) is 45.8 Å². The smallest absolute Gasteiger partial charge is 0.336 e. The van der Waals surface area contributed by atoms with Gasteiger partial charge in [0.05, 0.1) is 5.56 Å². The molecule has 0 atom stereocenters. The first-order valence-electron chi connectivity index (χ1n) is 5.57. The maximum absolute atomic E-state index is 13.1. The van der Waals surface area contributed by atoms with Gasteiger partial charge in [0.25, 0.3) is 0 Å². The van der Waals surface area contributed by atoms with Gasteiger partial charge in [-0.2, -0.15) is 0 Å². The van der Waals surface area contributed by atoms with Crippen molar-refractivity contribution in [2.24, 2.45) is 0 Å². The van der Waals surface area contributed by atoms with Crippen LogP contribution in [0, 0.1) is 5.82 Å². The number of thioether (sulfide) groups is 1. The maximum atomic E-state index is 13.1. The van der Waals surface area contributed by atoms with Crippen molar-refractivity contribution in [3.05, 3.63) is 62.8 Å². The van der Waals surface area contributed by atoms with Crippen molar-refractivity contribution in [1.29, 1.82) is 0 Å². The molecule has 0 fully saturated rings. The molecule has 2 rings (SSSR count). The molecular formula is C14H9BrClFO2S. The average Bonchev–Trinajstić information content (AvgIpc) is 2.41. The van der Waals surface area contributed by atoms with E-state index in [0.29, 0.717) is 20.8 Å². The highest BCUT2D eigenvalue weighted by Gasteiger charge is 2.10. The number of carboxylic acids is 1. The van der Waals surface area contributed by atoms with Crippen LogP contribution in [0.3, 0.4) is 0 Å². The molecule has 0 aliphatic heterocycles. The summed E-state index contributed by atoms with van der Waals surface area (Å²) in [4.78, 5) is 11.8. The Balaban J connectivity index is 2.17. The molecule has 104 valence electrons. The lowest BCUT2D eigenvalue weighted by atomic mass is 10.2. The van der Waals surface area contributed by atoms with E-state index in [1.54, 1.807) is 18.2 Å². The molecule has 2 aromatic rings. The molecule has 2 aromatic carbocycles. The number of hydrogen-bond acceptors (Lipinski definition) is 2. The molecule has 0 radical (unpaired) electrons. The molecular weight excluding hydrogens is 367 g/mol. The fraction of sp³-hybridized carbons (Fsp3) is 0.0714. The molecule has 20 heavy (non-hydrogen) atoms. The van der Waals surface area contributed by atoms with E-state index < -0.39 is 5.97 Å². The number of aromatic carboxylic acids is 1. The molecule has 6 heteroatoms. The van der Waals surface area contributed by atoms with Crippen LogP contribution in [0.1, 0.15) is 15.9 Å². The highest BCUT2D eigenvalue weighted by molar-refractivity contribution is 9.10. The largest absolute Gasteiger partial charge is 0.478 e. The predicted octanol–water partition coefficient (Wildman–Crippen LogP) is 5.23. The Morgan fingerprint density at radius 3 is 2.75 bits per heavy atom. The van der Waals surface area contributed by atoms with Crippen LogP contribution in [-0.4, -0.2) is 11.1 Å². The Morgan fingerprint density at radius 1 is 1.30 bits per heavy atom. The second-order valence-corrected chi connectivity index (χ2v) is 6.28. The Kier molecular flexibility index (Phi) is 5.07. The van der Waals surface area contributed by atoms with Gasteiger partial charge < -0.3 is 5.11 Å². The van der Waals surface area contributed by atoms with Gasteiger partial charge in [-0.15, -0.1) is 11.8 Å². The second kappa shape index (κ2) is 6.61. The van der Waals surface area contributed by atoms with E-state index >= 15 is 0 Å². The van der Waals surface area contributed by atoms with Crippen molar-refractivity contribution in [2.45, 2.75) is 10.6 Å². The van der Waals surface area contributed by atoms with Crippen LogP contribution < -0.4 is 0 Å². The number of halogens is 3. The number of hydrogen-bond donors (Lipinski definition) is 1. The molecule has 0 bridgehead atoms. The number of rotatable bonds is 4. The monoisotopic (exact) mass is 374 g/mol. The van der Waals surface area contributed by atoms with Crippen LogP contribution in [0.25, 0.3) is 0 Å². The Labute approximate surface area is 133 Å². The number of carbonyl (C=O) groups is 1. The van der Waals surface area contributed by atoms with Gasteiger partial charge in [-0.05, 0) is 57.9 Å². The zero-order valence-electron chi connectivity index (χ0n) is 10.1. The molecule has 0 spiro atoms. The van der Waals surface area contributed by atoms with E-state index in [-0.39, 0.29) is 11.4 Å². The zero-order valence-corrected chi connectivity index (χ0v) is 13.2. The topological polar surface area (TPSA) is 37.3 Å². The molecule has 1 N–H and O–H groups in total. The predicted molar refractivity (Wildman–Crippen MR) is 82.1 cm³/mol. The van der Waals surface area contributed by atoms with Crippen LogP contribution in [0.4, 0.5) is 4.39 Å². The normalized spacial score (nSPS) is 10.6. The molecule has 0 aliphatic rings. The number of carboxylic acid groups (broad SMARTS) is 1. The van der Waals surface area contributed by atoms with Gasteiger partial charge in [-0.25, -0.2) is 9.18 Å². The van der Waals surface area contributed by atoms with E-state index in [2.05, 4.69) is 15.9 Å². The van der Waals surface area contributed by atoms with Crippen molar-refractivity contribution < 1.29 is 14.3 Å². The molecule has 0 aliphatic carbocycles. The van der Waals surface area contributed by atoms with Gasteiger partial charge >= 0.3 is 5.97 Å². The summed E-state index contributed by atoms with van der Waals surface area (Å²) in [6.07, 6.45) is 0. The van der Waals surface area contributed by atoms with Crippen molar-refractivity contribution in [1.82, 2.24) is 0 Å². The summed E-state index contributed by atoms with van der Waals surface area (Å²) in [7, 11) is 0. The third-order valence-corrected chi connectivity index (χ3v) is 4.67. The zero-order chi connectivity index (χ0) is 14.7. The molecule has 0 unspecified atom stereocenters. The first kappa shape index (κ1) is 15.4. The van der Waals surface area contributed by atoms with Gasteiger partial charge in [0.1, 0.15) is 5.82 Å². The fourth-order valence-corrected chi connectivity index (χ4v) is 3.18. The minimum absolute atomic E-state index is 0.195. The summed E-state index contributed by atoms with van der Waals surface area (Å²) >= 11 is 10.6. The first-order chi connectivity index (χ1) is 9.47. The van der Waals surface area contributed by atoms with E-state index in [1.165, 1.54) is 30.0 Å². The maximum Gasteiger partial charge on any atom is 0.336 e. The minimum atomic E-state index is -0.997. The van der Waals surface area contributed by atoms with Crippen molar-refractivity contribution in [2.75, 3.05) is 0 Å². The van der Waals surface area contributed by atoms with E-state index in [0.717, 1.165) is 4.90 Å². The van der Waals surface area contributed by atoms with Gasteiger partial charge in [0.2, 0.25) is 0 Å². The fourth-order valence-electron chi connectivity index (χ4n) is 1.57. The number of benzene rings is 2. The van der Waals surface area contributed by atoms with Crippen molar-refractivity contribution >= 4 is 45.3 Å². The lowest BCUT2D eigenvalue weighted by molar-refractivity contribution is 0.0695. The Morgan fingerprint density at radius 2 is 2.05 bits per heavy atom. The second-order valence-electron chi connectivity index (χ2n) is 3.97. The van der Waals surface area contributed by atoms with Crippen LogP contribution >= 0.6 is 39.3 Å². The first-order valence-corrected chi connectivity index (χ1v) is 7.72. The Hall–Kier alpha value is -1.04. The van der Waals surface area contributed by atoms with Gasteiger partial charge in [0, 0.05) is 20.1 Å². The molecule has 0 saturated carbocycles. The summed E-state index contributed by atoms with van der Waals surface area (Å²) in [6.45, 7) is 0. The SMILES string of the molecule is O=C(O)c1cc(SCc2cc(F)ccc2Cl)ccc1Br. The van der Waals surface area contributed by atoms with Crippen LogP contribution in [0.5, 0.6) is 0 Å². The molecule has 0 amide bonds. The summed E-state index contributed by atoms with van der Waals surface area (Å²) in [6, 6.07) is 9.25. The van der Waals surface area contributed by atoms with Crippen LogP contribution in [0.2, 0.25) is 5.02 Å². The quantitative estimate of drug-likeness (QED) is 0.743.